The number of benzene rings is 1. The number of nitriles is 1. The number of nitrogens with one attached hydrogen (secondary N) is 1. The third kappa shape index (κ3) is 6.29. The molecule has 0 saturated carbocycles. The maximum absolute atomic E-state index is 13.3. The van der Waals surface area contributed by atoms with E-state index in [2.05, 4.69) is 5.32 Å². The first-order chi connectivity index (χ1) is 12.4. The van der Waals surface area contributed by atoms with Crippen molar-refractivity contribution >= 4 is 15.8 Å². The normalized spacial score (nSPS) is 12.8. The molecule has 1 aromatic carbocycles. The van der Waals surface area contributed by atoms with Crippen LogP contribution in [0.15, 0.2) is 34.4 Å². The molecule has 0 aliphatic carbocycles. The van der Waals surface area contributed by atoms with Crippen LogP contribution in [0.4, 0.5) is 13.2 Å². The van der Waals surface area contributed by atoms with Crippen LogP contribution >= 0.6 is 0 Å². The Morgan fingerprint density at radius 2 is 1.96 bits per heavy atom. The Labute approximate surface area is 155 Å². The number of alkyl halides is 3. The topological polar surface area (TPSA) is 96.3 Å². The SMILES string of the molecule is CCOC(=O)/C(CC#N)=C(/C)NCc1ccc(S(C)(=O)=O)cc1C(F)(F)F. The van der Waals surface area contributed by atoms with E-state index in [-0.39, 0.29) is 36.4 Å². The molecule has 1 aromatic rings. The van der Waals surface area contributed by atoms with E-state index < -0.39 is 32.4 Å². The fourth-order valence-corrected chi connectivity index (χ4v) is 2.84. The first-order valence-electron chi connectivity index (χ1n) is 7.79. The highest BCUT2D eigenvalue weighted by Gasteiger charge is 2.34. The molecule has 0 aliphatic rings. The number of rotatable bonds is 7. The lowest BCUT2D eigenvalue weighted by atomic mass is 10.1. The largest absolute Gasteiger partial charge is 0.463 e. The van der Waals surface area contributed by atoms with Crippen LogP contribution in [0, 0.1) is 11.3 Å². The number of hydrogen-bond acceptors (Lipinski definition) is 6. The van der Waals surface area contributed by atoms with E-state index in [1.165, 1.54) is 6.92 Å². The molecule has 0 amide bonds. The van der Waals surface area contributed by atoms with Crippen LogP contribution in [0.25, 0.3) is 0 Å². The van der Waals surface area contributed by atoms with Gasteiger partial charge in [0, 0.05) is 18.5 Å². The Morgan fingerprint density at radius 1 is 1.33 bits per heavy atom. The van der Waals surface area contributed by atoms with Crippen LogP contribution < -0.4 is 5.32 Å². The molecule has 1 rings (SSSR count). The van der Waals surface area contributed by atoms with Gasteiger partial charge in [-0.1, -0.05) is 6.07 Å². The van der Waals surface area contributed by atoms with Crippen LogP contribution in [0.3, 0.4) is 0 Å². The van der Waals surface area contributed by atoms with Gasteiger partial charge < -0.3 is 10.1 Å². The standard InChI is InChI=1S/C17H19F3N2O4S/c1-4-26-16(23)14(7-8-21)11(2)22-10-12-5-6-13(27(3,24)25)9-15(12)17(18,19)20/h5-6,9,22H,4,7,10H2,1-3H3/b14-11-. The summed E-state index contributed by atoms with van der Waals surface area (Å²) in [6, 6.07) is 4.53. The van der Waals surface area contributed by atoms with Crippen molar-refractivity contribution in [1.82, 2.24) is 5.32 Å². The summed E-state index contributed by atoms with van der Waals surface area (Å²) in [5.74, 6) is -0.729. The van der Waals surface area contributed by atoms with Gasteiger partial charge in [0.1, 0.15) is 0 Å². The third-order valence-corrected chi connectivity index (χ3v) is 4.70. The zero-order valence-corrected chi connectivity index (χ0v) is 15.8. The lowest BCUT2D eigenvalue weighted by Crippen LogP contribution is -2.20. The van der Waals surface area contributed by atoms with Crippen LogP contribution in [-0.4, -0.2) is 27.2 Å². The maximum Gasteiger partial charge on any atom is 0.416 e. The first-order valence-corrected chi connectivity index (χ1v) is 9.68. The van der Waals surface area contributed by atoms with Crippen molar-refractivity contribution in [2.45, 2.75) is 37.9 Å². The van der Waals surface area contributed by atoms with Gasteiger partial charge >= 0.3 is 12.1 Å². The zero-order valence-electron chi connectivity index (χ0n) is 15.0. The van der Waals surface area contributed by atoms with Gasteiger partial charge in [0.15, 0.2) is 9.84 Å². The quantitative estimate of drug-likeness (QED) is 0.554. The van der Waals surface area contributed by atoms with Gasteiger partial charge in [-0.25, -0.2) is 13.2 Å². The highest BCUT2D eigenvalue weighted by atomic mass is 32.2. The van der Waals surface area contributed by atoms with Crippen molar-refractivity contribution in [3.8, 4) is 6.07 Å². The molecule has 0 atom stereocenters. The monoisotopic (exact) mass is 404 g/mol. The Bertz CT molecular complexity index is 884. The Balaban J connectivity index is 3.23. The number of nitrogens with zero attached hydrogens (tertiary/aromatic N) is 1. The summed E-state index contributed by atoms with van der Waals surface area (Å²) >= 11 is 0. The summed E-state index contributed by atoms with van der Waals surface area (Å²) in [4.78, 5) is 11.4. The van der Waals surface area contributed by atoms with Crippen molar-refractivity contribution in [3.05, 3.63) is 40.6 Å². The van der Waals surface area contributed by atoms with Crippen molar-refractivity contribution in [2.75, 3.05) is 12.9 Å². The number of ether oxygens (including phenoxy) is 1. The molecule has 0 spiro atoms. The molecule has 0 saturated heterocycles. The second-order valence-corrected chi connectivity index (χ2v) is 7.62. The van der Waals surface area contributed by atoms with Crippen molar-refractivity contribution in [2.24, 2.45) is 0 Å². The van der Waals surface area contributed by atoms with E-state index in [4.69, 9.17) is 10.00 Å². The molecule has 0 aromatic heterocycles. The minimum absolute atomic E-state index is 0.0145. The van der Waals surface area contributed by atoms with Crippen LogP contribution in [-0.2, 0) is 32.1 Å². The number of esters is 1. The summed E-state index contributed by atoms with van der Waals surface area (Å²) in [7, 11) is -3.80. The van der Waals surface area contributed by atoms with E-state index in [0.29, 0.717) is 6.07 Å². The highest BCUT2D eigenvalue weighted by molar-refractivity contribution is 7.90. The lowest BCUT2D eigenvalue weighted by Gasteiger charge is -2.16. The smallest absolute Gasteiger partial charge is 0.416 e. The Hall–Kier alpha value is -2.54. The average molecular weight is 404 g/mol. The van der Waals surface area contributed by atoms with Crippen molar-refractivity contribution in [1.29, 1.82) is 5.26 Å². The minimum Gasteiger partial charge on any atom is -0.463 e. The summed E-state index contributed by atoms with van der Waals surface area (Å²) in [6.45, 7) is 2.80. The second-order valence-electron chi connectivity index (χ2n) is 5.60. The number of halogens is 3. The van der Waals surface area contributed by atoms with Gasteiger partial charge in [0.05, 0.1) is 35.1 Å². The predicted molar refractivity (Wildman–Crippen MR) is 91.0 cm³/mol. The molecule has 0 aliphatic heterocycles. The van der Waals surface area contributed by atoms with E-state index in [1.807, 2.05) is 0 Å². The third-order valence-electron chi connectivity index (χ3n) is 3.59. The van der Waals surface area contributed by atoms with E-state index >= 15 is 0 Å². The molecule has 27 heavy (non-hydrogen) atoms. The number of carbonyl (C=O) groups is 1. The zero-order chi connectivity index (χ0) is 20.8. The van der Waals surface area contributed by atoms with Crippen molar-refractivity contribution < 1.29 is 31.1 Å². The molecular formula is C17H19F3N2O4S. The number of hydrogen-bond donors (Lipinski definition) is 1. The second kappa shape index (κ2) is 8.90. The average Bonchev–Trinajstić information content (AvgIpc) is 2.55. The van der Waals surface area contributed by atoms with E-state index in [1.54, 1.807) is 13.0 Å². The molecule has 6 nitrogen and oxygen atoms in total. The summed E-state index contributed by atoms with van der Waals surface area (Å²) in [5, 5.41) is 11.5. The molecule has 0 fully saturated rings. The summed E-state index contributed by atoms with van der Waals surface area (Å²) in [6.07, 6.45) is -4.20. The maximum atomic E-state index is 13.3. The molecule has 0 heterocycles. The number of carbonyl (C=O) groups excluding carboxylic acids is 1. The lowest BCUT2D eigenvalue weighted by molar-refractivity contribution is -0.139. The molecule has 0 bridgehead atoms. The van der Waals surface area contributed by atoms with Crippen LogP contribution in [0.2, 0.25) is 0 Å². The molecule has 0 radical (unpaired) electrons. The first kappa shape index (κ1) is 22.5. The molecular weight excluding hydrogens is 385 g/mol. The van der Waals surface area contributed by atoms with Crippen LogP contribution in [0.5, 0.6) is 0 Å². The van der Waals surface area contributed by atoms with Gasteiger partial charge in [-0.15, -0.1) is 0 Å². The fraction of sp³-hybridized carbons (Fsp3) is 0.412. The Kier molecular flexibility index (Phi) is 7.42. The number of allylic oxidation sites excluding steroid dienone is 1. The van der Waals surface area contributed by atoms with Gasteiger partial charge in [0.2, 0.25) is 0 Å². The van der Waals surface area contributed by atoms with E-state index in [9.17, 15) is 26.4 Å². The minimum atomic E-state index is -4.76. The molecule has 148 valence electrons. The molecule has 10 heteroatoms. The van der Waals surface area contributed by atoms with Gasteiger partial charge in [-0.2, -0.15) is 18.4 Å². The van der Waals surface area contributed by atoms with Gasteiger partial charge in [-0.05, 0) is 31.5 Å². The van der Waals surface area contributed by atoms with E-state index in [0.717, 1.165) is 18.4 Å². The Morgan fingerprint density at radius 3 is 2.44 bits per heavy atom. The van der Waals surface area contributed by atoms with Crippen molar-refractivity contribution in [3.63, 3.8) is 0 Å². The number of sulfone groups is 1. The molecule has 1 N–H and O–H groups in total. The van der Waals surface area contributed by atoms with Gasteiger partial charge in [0.25, 0.3) is 0 Å². The summed E-state index contributed by atoms with van der Waals surface area (Å²) < 4.78 is 67.7. The summed E-state index contributed by atoms with van der Waals surface area (Å²) in [5.41, 5.74) is -1.07. The van der Waals surface area contributed by atoms with Gasteiger partial charge in [-0.3, -0.25) is 0 Å². The fourth-order valence-electron chi connectivity index (χ4n) is 2.19. The predicted octanol–water partition coefficient (Wildman–Crippen LogP) is 2.95. The highest BCUT2D eigenvalue weighted by Crippen LogP contribution is 2.33. The molecule has 0 unspecified atom stereocenters. The van der Waals surface area contributed by atoms with Crippen LogP contribution in [0.1, 0.15) is 31.4 Å².